The van der Waals surface area contributed by atoms with Gasteiger partial charge in [-0.15, -0.1) is 0 Å². The van der Waals surface area contributed by atoms with Gasteiger partial charge in [-0.1, -0.05) is 22.9 Å². The van der Waals surface area contributed by atoms with Gasteiger partial charge in [0, 0.05) is 19.1 Å². The molecule has 9 heteroatoms. The molecule has 1 aliphatic rings. The molecule has 1 aromatic heterocycles. The van der Waals surface area contributed by atoms with Crippen molar-refractivity contribution in [3.8, 4) is 5.75 Å². The number of aromatic nitrogens is 1. The monoisotopic (exact) mass is 375 g/mol. The Hall–Kier alpha value is -1.09. The first-order valence-corrected chi connectivity index (χ1v) is 10.3. The lowest BCUT2D eigenvalue weighted by Crippen LogP contribution is -2.47. The standard InChI is InChI=1S/C14H18ClN3O3S2/c1-21-11-6-5-10(15)13-12(11)16-14(22-13)18-7-3-4-9(8-18)17-23(2,19)20/h5-6,9,17H,3-4,7-8H2,1-2H3. The van der Waals surface area contributed by atoms with Crippen LogP contribution in [0.15, 0.2) is 12.1 Å². The molecule has 1 aliphatic heterocycles. The van der Waals surface area contributed by atoms with Crippen LogP contribution in [0.5, 0.6) is 5.75 Å². The molecule has 1 unspecified atom stereocenters. The lowest BCUT2D eigenvalue weighted by Gasteiger charge is -2.32. The third-order valence-electron chi connectivity index (χ3n) is 3.74. The normalized spacial score (nSPS) is 19.3. The third-order valence-corrected chi connectivity index (χ3v) is 6.08. The molecule has 0 aliphatic carbocycles. The largest absolute Gasteiger partial charge is 0.494 e. The van der Waals surface area contributed by atoms with Crippen LogP contribution in [0.4, 0.5) is 5.13 Å². The number of hydrogen-bond donors (Lipinski definition) is 1. The Morgan fingerprint density at radius 3 is 2.96 bits per heavy atom. The van der Waals surface area contributed by atoms with Crippen LogP contribution in [-0.2, 0) is 10.0 Å². The van der Waals surface area contributed by atoms with Crippen molar-refractivity contribution in [2.75, 3.05) is 31.4 Å². The molecular weight excluding hydrogens is 358 g/mol. The van der Waals surface area contributed by atoms with Gasteiger partial charge in [-0.05, 0) is 25.0 Å². The summed E-state index contributed by atoms with van der Waals surface area (Å²) in [7, 11) is -1.60. The Morgan fingerprint density at radius 1 is 1.48 bits per heavy atom. The van der Waals surface area contributed by atoms with Gasteiger partial charge in [0.2, 0.25) is 10.0 Å². The van der Waals surface area contributed by atoms with Crippen molar-refractivity contribution in [2.24, 2.45) is 0 Å². The molecule has 0 saturated carbocycles. The summed E-state index contributed by atoms with van der Waals surface area (Å²) in [6, 6.07) is 3.51. The van der Waals surface area contributed by atoms with Crippen molar-refractivity contribution in [3.05, 3.63) is 17.2 Å². The quantitative estimate of drug-likeness (QED) is 0.888. The molecule has 0 bridgehead atoms. The molecule has 1 fully saturated rings. The highest BCUT2D eigenvalue weighted by atomic mass is 35.5. The van der Waals surface area contributed by atoms with Gasteiger partial charge >= 0.3 is 0 Å². The van der Waals surface area contributed by atoms with Gasteiger partial charge in [0.05, 0.1) is 23.1 Å². The summed E-state index contributed by atoms with van der Waals surface area (Å²) in [5, 5.41) is 1.48. The van der Waals surface area contributed by atoms with E-state index in [9.17, 15) is 8.42 Å². The molecule has 3 rings (SSSR count). The van der Waals surface area contributed by atoms with E-state index in [1.165, 1.54) is 17.6 Å². The van der Waals surface area contributed by atoms with Crippen molar-refractivity contribution in [3.63, 3.8) is 0 Å². The zero-order valence-corrected chi connectivity index (χ0v) is 15.3. The lowest BCUT2D eigenvalue weighted by atomic mass is 10.1. The number of methoxy groups -OCH3 is 1. The van der Waals surface area contributed by atoms with Crippen molar-refractivity contribution in [2.45, 2.75) is 18.9 Å². The number of halogens is 1. The second-order valence-corrected chi connectivity index (χ2v) is 8.76. The predicted molar refractivity (Wildman–Crippen MR) is 94.4 cm³/mol. The Labute approximate surface area is 144 Å². The van der Waals surface area contributed by atoms with Gasteiger partial charge in [0.1, 0.15) is 11.3 Å². The van der Waals surface area contributed by atoms with Gasteiger partial charge in [-0.25, -0.2) is 18.1 Å². The second kappa shape index (κ2) is 6.43. The van der Waals surface area contributed by atoms with Crippen LogP contribution < -0.4 is 14.4 Å². The summed E-state index contributed by atoms with van der Waals surface area (Å²) in [6.45, 7) is 1.45. The average molecular weight is 376 g/mol. The number of hydrogen-bond acceptors (Lipinski definition) is 6. The van der Waals surface area contributed by atoms with Crippen molar-refractivity contribution in [1.29, 1.82) is 0 Å². The maximum atomic E-state index is 11.4. The van der Waals surface area contributed by atoms with Crippen LogP contribution in [-0.4, -0.2) is 45.9 Å². The van der Waals surface area contributed by atoms with Crippen LogP contribution in [0.3, 0.4) is 0 Å². The van der Waals surface area contributed by atoms with E-state index in [1.54, 1.807) is 19.2 Å². The number of anilines is 1. The minimum absolute atomic E-state index is 0.0943. The summed E-state index contributed by atoms with van der Waals surface area (Å²) in [4.78, 5) is 6.76. The van der Waals surface area contributed by atoms with E-state index in [0.29, 0.717) is 17.3 Å². The number of sulfonamides is 1. The molecule has 2 heterocycles. The van der Waals surface area contributed by atoms with E-state index in [4.69, 9.17) is 16.3 Å². The van der Waals surface area contributed by atoms with E-state index in [1.807, 2.05) is 0 Å². The first-order chi connectivity index (χ1) is 10.9. The molecular formula is C14H18ClN3O3S2. The van der Waals surface area contributed by atoms with Gasteiger partial charge in [0.15, 0.2) is 5.13 Å². The van der Waals surface area contributed by atoms with Gasteiger partial charge in [-0.2, -0.15) is 0 Å². The Bertz CT molecular complexity index is 822. The Morgan fingerprint density at radius 2 is 2.26 bits per heavy atom. The average Bonchev–Trinajstić information content (AvgIpc) is 2.92. The number of ether oxygens (including phenoxy) is 1. The molecule has 0 radical (unpaired) electrons. The first-order valence-electron chi connectivity index (χ1n) is 7.22. The van der Waals surface area contributed by atoms with Gasteiger partial charge in [-0.3, -0.25) is 0 Å². The van der Waals surface area contributed by atoms with Crippen LogP contribution >= 0.6 is 22.9 Å². The minimum atomic E-state index is -3.21. The van der Waals surface area contributed by atoms with Crippen LogP contribution in [0.2, 0.25) is 5.02 Å². The Balaban J connectivity index is 1.89. The highest BCUT2D eigenvalue weighted by Crippen LogP contribution is 2.39. The molecule has 1 aromatic carbocycles. The fourth-order valence-electron chi connectivity index (χ4n) is 2.79. The first kappa shape index (κ1) is 16.8. The number of benzene rings is 1. The Kier molecular flexibility index (Phi) is 4.68. The SMILES string of the molecule is COc1ccc(Cl)c2sc(N3CCCC(NS(C)(=O)=O)C3)nc12. The summed E-state index contributed by atoms with van der Waals surface area (Å²) >= 11 is 7.76. The van der Waals surface area contributed by atoms with Crippen LogP contribution in [0, 0.1) is 0 Å². The van der Waals surface area contributed by atoms with E-state index in [2.05, 4.69) is 14.6 Å². The van der Waals surface area contributed by atoms with E-state index < -0.39 is 10.0 Å². The molecule has 0 amide bonds. The molecule has 1 saturated heterocycles. The molecule has 1 atom stereocenters. The van der Waals surface area contributed by atoms with Gasteiger partial charge < -0.3 is 9.64 Å². The van der Waals surface area contributed by atoms with E-state index in [0.717, 1.165) is 34.7 Å². The number of nitrogens with zero attached hydrogens (tertiary/aromatic N) is 2. The third kappa shape index (κ3) is 3.71. The topological polar surface area (TPSA) is 71.5 Å². The minimum Gasteiger partial charge on any atom is -0.494 e. The van der Waals surface area contributed by atoms with E-state index >= 15 is 0 Å². The molecule has 0 spiro atoms. The number of nitrogens with one attached hydrogen (secondary N) is 1. The van der Waals surface area contributed by atoms with Crippen molar-refractivity contribution < 1.29 is 13.2 Å². The number of piperidine rings is 1. The zero-order chi connectivity index (χ0) is 16.6. The van der Waals surface area contributed by atoms with Crippen LogP contribution in [0.25, 0.3) is 10.2 Å². The summed E-state index contributed by atoms with van der Waals surface area (Å²) < 4.78 is 31.8. The second-order valence-electron chi connectivity index (χ2n) is 5.60. The fraction of sp³-hybridized carbons (Fsp3) is 0.500. The maximum absolute atomic E-state index is 11.4. The summed E-state index contributed by atoms with van der Waals surface area (Å²) in [5.41, 5.74) is 0.748. The van der Waals surface area contributed by atoms with E-state index in [-0.39, 0.29) is 6.04 Å². The molecule has 23 heavy (non-hydrogen) atoms. The number of fused-ring (bicyclic) bond motifs is 1. The molecule has 126 valence electrons. The van der Waals surface area contributed by atoms with Crippen molar-refractivity contribution >= 4 is 48.3 Å². The maximum Gasteiger partial charge on any atom is 0.209 e. The smallest absolute Gasteiger partial charge is 0.209 e. The fourth-order valence-corrected chi connectivity index (χ4v) is 4.88. The predicted octanol–water partition coefficient (Wildman–Crippen LogP) is 2.48. The molecule has 2 aromatic rings. The highest BCUT2D eigenvalue weighted by Gasteiger charge is 2.25. The summed E-state index contributed by atoms with van der Waals surface area (Å²) in [6.07, 6.45) is 2.93. The van der Waals surface area contributed by atoms with Crippen LogP contribution in [0.1, 0.15) is 12.8 Å². The van der Waals surface area contributed by atoms with Gasteiger partial charge in [0.25, 0.3) is 0 Å². The number of rotatable bonds is 4. The number of thiazole rings is 1. The lowest BCUT2D eigenvalue weighted by molar-refractivity contribution is 0.419. The van der Waals surface area contributed by atoms with Crippen molar-refractivity contribution in [1.82, 2.24) is 9.71 Å². The molecule has 6 nitrogen and oxygen atoms in total. The summed E-state index contributed by atoms with van der Waals surface area (Å²) in [5.74, 6) is 0.690. The zero-order valence-electron chi connectivity index (χ0n) is 12.9. The highest BCUT2D eigenvalue weighted by molar-refractivity contribution is 7.88. The molecule has 1 N–H and O–H groups in total.